The highest BCUT2D eigenvalue weighted by atomic mass is 15.3. The third-order valence-corrected chi connectivity index (χ3v) is 4.39. The molecule has 0 atom stereocenters. The first-order chi connectivity index (χ1) is 10.7. The second kappa shape index (κ2) is 5.84. The summed E-state index contributed by atoms with van der Waals surface area (Å²) in [5.74, 6) is 0. The second-order valence-corrected chi connectivity index (χ2v) is 5.65. The number of aromatic nitrogens is 1. The molecule has 0 aliphatic heterocycles. The number of hydrogen-bond acceptors (Lipinski definition) is 2. The van der Waals surface area contributed by atoms with Gasteiger partial charge < -0.3 is 9.99 Å². The fourth-order valence-electron chi connectivity index (χ4n) is 3.25. The van der Waals surface area contributed by atoms with Crippen LogP contribution in [0.2, 0.25) is 0 Å². The smallest absolute Gasteiger partial charge is 0.0540 e. The van der Waals surface area contributed by atoms with E-state index in [4.69, 9.17) is 0 Å². The molecule has 1 heterocycles. The van der Waals surface area contributed by atoms with Crippen LogP contribution in [0.4, 0.5) is 0 Å². The molecule has 0 radical (unpaired) electrons. The van der Waals surface area contributed by atoms with Crippen molar-refractivity contribution in [3.8, 4) is 0 Å². The quantitative estimate of drug-likeness (QED) is 0.566. The maximum Gasteiger partial charge on any atom is 0.0540 e. The van der Waals surface area contributed by atoms with Crippen LogP contribution >= 0.6 is 0 Å². The van der Waals surface area contributed by atoms with Crippen molar-refractivity contribution in [2.24, 2.45) is 5.10 Å². The summed E-state index contributed by atoms with van der Waals surface area (Å²) in [5.41, 5.74) is 9.36. The molecule has 3 nitrogen and oxygen atoms in total. The van der Waals surface area contributed by atoms with E-state index < -0.39 is 0 Å². The maximum absolute atomic E-state index is 4.12. The zero-order chi connectivity index (χ0) is 15.7. The topological polar surface area (TPSA) is 29.3 Å². The summed E-state index contributed by atoms with van der Waals surface area (Å²) in [5, 5.41) is 6.78. The number of fused-ring (bicyclic) bond motifs is 3. The molecule has 0 bridgehead atoms. The standard InChI is InChI=1S/C19H23N3/c1-5-15-11-17-16-10-14(12-21-20-4)7-8-18(16)22(6-2)19(17)9-13(15)3/h7-12,20H,5-6H2,1-4H3/b21-12+. The first-order valence-corrected chi connectivity index (χ1v) is 7.94. The Labute approximate surface area is 131 Å². The largest absolute Gasteiger partial charge is 0.341 e. The summed E-state index contributed by atoms with van der Waals surface area (Å²) < 4.78 is 2.40. The van der Waals surface area contributed by atoms with Gasteiger partial charge in [0.1, 0.15) is 0 Å². The molecule has 22 heavy (non-hydrogen) atoms. The van der Waals surface area contributed by atoms with Gasteiger partial charge in [0.2, 0.25) is 0 Å². The average molecular weight is 293 g/mol. The van der Waals surface area contributed by atoms with E-state index in [2.05, 4.69) is 66.2 Å². The van der Waals surface area contributed by atoms with Crippen molar-refractivity contribution in [3.63, 3.8) is 0 Å². The molecule has 2 aromatic carbocycles. The lowest BCUT2D eigenvalue weighted by Crippen LogP contribution is -1.95. The molecule has 0 aliphatic carbocycles. The van der Waals surface area contributed by atoms with Crippen molar-refractivity contribution >= 4 is 28.0 Å². The van der Waals surface area contributed by atoms with E-state index in [1.54, 1.807) is 0 Å². The number of nitrogens with one attached hydrogen (secondary N) is 1. The average Bonchev–Trinajstić information content (AvgIpc) is 2.83. The summed E-state index contributed by atoms with van der Waals surface area (Å²) >= 11 is 0. The normalized spacial score (nSPS) is 11.8. The van der Waals surface area contributed by atoms with E-state index in [-0.39, 0.29) is 0 Å². The Morgan fingerprint density at radius 2 is 1.86 bits per heavy atom. The number of hydrogen-bond donors (Lipinski definition) is 1. The molecule has 0 spiro atoms. The van der Waals surface area contributed by atoms with E-state index in [9.17, 15) is 0 Å². The minimum atomic E-state index is 0.981. The SMILES string of the molecule is CCc1cc2c3cc(/C=N/NC)ccc3n(CC)c2cc1C. The molecule has 3 rings (SSSR count). The molecule has 0 fully saturated rings. The Kier molecular flexibility index (Phi) is 3.88. The van der Waals surface area contributed by atoms with Crippen LogP contribution < -0.4 is 5.43 Å². The number of aryl methyl sites for hydroxylation is 3. The third-order valence-electron chi connectivity index (χ3n) is 4.39. The molecular weight excluding hydrogens is 270 g/mol. The van der Waals surface area contributed by atoms with Crippen LogP contribution in [0.1, 0.15) is 30.5 Å². The Balaban J connectivity index is 2.36. The van der Waals surface area contributed by atoms with Crippen LogP contribution in [-0.2, 0) is 13.0 Å². The summed E-state index contributed by atoms with van der Waals surface area (Å²) in [6.07, 6.45) is 2.94. The number of hydrazone groups is 1. The minimum absolute atomic E-state index is 0.981. The zero-order valence-electron chi connectivity index (χ0n) is 13.8. The predicted molar refractivity (Wildman–Crippen MR) is 95.9 cm³/mol. The molecule has 0 aliphatic rings. The van der Waals surface area contributed by atoms with E-state index in [1.165, 1.54) is 32.9 Å². The molecule has 0 unspecified atom stereocenters. The molecule has 1 aromatic heterocycles. The van der Waals surface area contributed by atoms with Gasteiger partial charge in [-0.3, -0.25) is 0 Å². The van der Waals surface area contributed by atoms with Gasteiger partial charge in [0.15, 0.2) is 0 Å². The summed E-state index contributed by atoms with van der Waals surface area (Å²) in [6, 6.07) is 11.3. The molecule has 114 valence electrons. The van der Waals surface area contributed by atoms with Gasteiger partial charge in [0, 0.05) is 35.4 Å². The highest BCUT2D eigenvalue weighted by Crippen LogP contribution is 2.32. The summed E-state index contributed by atoms with van der Waals surface area (Å²) in [4.78, 5) is 0. The predicted octanol–water partition coefficient (Wildman–Crippen LogP) is 4.24. The molecule has 3 aromatic rings. The van der Waals surface area contributed by atoms with Crippen molar-refractivity contribution in [2.45, 2.75) is 33.7 Å². The van der Waals surface area contributed by atoms with E-state index in [1.807, 2.05) is 13.3 Å². The van der Waals surface area contributed by atoms with Gasteiger partial charge in [0.25, 0.3) is 0 Å². The van der Waals surface area contributed by atoms with E-state index in [0.717, 1.165) is 18.5 Å². The van der Waals surface area contributed by atoms with Crippen LogP contribution in [0.15, 0.2) is 35.4 Å². The Morgan fingerprint density at radius 3 is 2.55 bits per heavy atom. The van der Waals surface area contributed by atoms with Crippen molar-refractivity contribution < 1.29 is 0 Å². The molecule has 0 amide bonds. The van der Waals surface area contributed by atoms with Gasteiger partial charge in [-0.15, -0.1) is 0 Å². The second-order valence-electron chi connectivity index (χ2n) is 5.65. The van der Waals surface area contributed by atoms with Gasteiger partial charge in [-0.25, -0.2) is 0 Å². The highest BCUT2D eigenvalue weighted by molar-refractivity contribution is 6.10. The van der Waals surface area contributed by atoms with Gasteiger partial charge >= 0.3 is 0 Å². The minimum Gasteiger partial charge on any atom is -0.341 e. The lowest BCUT2D eigenvalue weighted by atomic mass is 10.0. The van der Waals surface area contributed by atoms with E-state index >= 15 is 0 Å². The van der Waals surface area contributed by atoms with Crippen molar-refractivity contribution in [3.05, 3.63) is 47.0 Å². The summed E-state index contributed by atoms with van der Waals surface area (Å²) in [6.45, 7) is 7.62. The van der Waals surface area contributed by atoms with Crippen molar-refractivity contribution in [1.82, 2.24) is 9.99 Å². The van der Waals surface area contributed by atoms with Gasteiger partial charge in [-0.2, -0.15) is 5.10 Å². The number of benzene rings is 2. The van der Waals surface area contributed by atoms with Crippen LogP contribution in [0.5, 0.6) is 0 Å². The first kappa shape index (κ1) is 14.6. The van der Waals surface area contributed by atoms with Gasteiger partial charge in [0.05, 0.1) is 6.21 Å². The number of rotatable bonds is 4. The van der Waals surface area contributed by atoms with Crippen molar-refractivity contribution in [1.29, 1.82) is 0 Å². The lowest BCUT2D eigenvalue weighted by Gasteiger charge is -2.06. The van der Waals surface area contributed by atoms with Crippen LogP contribution in [0.3, 0.4) is 0 Å². The number of nitrogens with zero attached hydrogens (tertiary/aromatic N) is 2. The zero-order valence-corrected chi connectivity index (χ0v) is 13.8. The lowest BCUT2D eigenvalue weighted by molar-refractivity contribution is 0.826. The Bertz CT molecular complexity index is 856. The monoisotopic (exact) mass is 293 g/mol. The maximum atomic E-state index is 4.12. The Morgan fingerprint density at radius 1 is 1.09 bits per heavy atom. The van der Waals surface area contributed by atoms with Crippen molar-refractivity contribution in [2.75, 3.05) is 7.05 Å². The molecule has 1 N–H and O–H groups in total. The van der Waals surface area contributed by atoms with Gasteiger partial charge in [-0.05, 0) is 61.2 Å². The summed E-state index contributed by atoms with van der Waals surface area (Å²) in [7, 11) is 1.81. The molecule has 0 saturated carbocycles. The molecule has 3 heteroatoms. The molecular formula is C19H23N3. The fourth-order valence-corrected chi connectivity index (χ4v) is 3.25. The van der Waals surface area contributed by atoms with E-state index in [0.29, 0.717) is 0 Å². The highest BCUT2D eigenvalue weighted by Gasteiger charge is 2.12. The molecule has 0 saturated heterocycles. The van der Waals surface area contributed by atoms with Crippen LogP contribution in [0, 0.1) is 6.92 Å². The van der Waals surface area contributed by atoms with Crippen LogP contribution in [-0.4, -0.2) is 17.8 Å². The van der Waals surface area contributed by atoms with Crippen LogP contribution in [0.25, 0.3) is 21.8 Å². The first-order valence-electron chi connectivity index (χ1n) is 7.94. The Hall–Kier alpha value is -2.29. The third kappa shape index (κ3) is 2.27. The fraction of sp³-hybridized carbons (Fsp3) is 0.316. The van der Waals surface area contributed by atoms with Gasteiger partial charge in [-0.1, -0.05) is 13.0 Å².